The fourth-order valence-corrected chi connectivity index (χ4v) is 6.65. The minimum atomic E-state index is -0.661. The number of nitrogens with zero attached hydrogens (tertiary/aromatic N) is 2. The zero-order chi connectivity index (χ0) is 16.6. The maximum absolute atomic E-state index is 14.2. The van der Waals surface area contributed by atoms with Crippen LogP contribution in [-0.4, -0.2) is 61.0 Å². The number of nitrogens with two attached hydrogens (primary N) is 1. The molecule has 3 aliphatic rings. The Balaban J connectivity index is 1.96. The third-order valence-electron chi connectivity index (χ3n) is 4.65. The summed E-state index contributed by atoms with van der Waals surface area (Å²) in [7, 11) is 0. The molecule has 4 atom stereocenters. The number of amides is 2. The number of quaternary nitrogens is 1. The van der Waals surface area contributed by atoms with Crippen molar-refractivity contribution in [1.29, 1.82) is 0 Å². The first-order valence-electron chi connectivity index (χ1n) is 7.69. The van der Waals surface area contributed by atoms with Gasteiger partial charge >= 0.3 is 6.03 Å². The minimum Gasteiger partial charge on any atom is -0.395 e. The van der Waals surface area contributed by atoms with Crippen molar-refractivity contribution >= 4 is 35.4 Å². The molecule has 0 spiro atoms. The van der Waals surface area contributed by atoms with Crippen molar-refractivity contribution in [3.63, 3.8) is 0 Å². The van der Waals surface area contributed by atoms with Crippen LogP contribution in [0.25, 0.3) is 0 Å². The summed E-state index contributed by atoms with van der Waals surface area (Å²) in [6, 6.07) is -0.448. The average Bonchev–Trinajstić information content (AvgIpc) is 3.20. The lowest BCUT2D eigenvalue weighted by Gasteiger charge is -2.40. The Hall–Kier alpha value is -0.610. The lowest BCUT2D eigenvalue weighted by molar-refractivity contribution is -0.819. The number of thioether (sulfide) groups is 2. The maximum Gasteiger partial charge on any atom is 0.451 e. The van der Waals surface area contributed by atoms with Gasteiger partial charge in [0.15, 0.2) is 5.84 Å². The minimum absolute atomic E-state index is 0.0457. The number of aliphatic imine (C=N–C) groups is 1. The van der Waals surface area contributed by atoms with E-state index in [1.54, 1.807) is 0 Å². The molecule has 0 saturated carbocycles. The van der Waals surface area contributed by atoms with E-state index in [0.717, 1.165) is 12.8 Å². The third kappa shape index (κ3) is 2.93. The number of carbonyl (C=O) groups is 1. The van der Waals surface area contributed by atoms with Gasteiger partial charge in [0.2, 0.25) is 5.83 Å². The van der Waals surface area contributed by atoms with E-state index in [0.29, 0.717) is 12.8 Å². The summed E-state index contributed by atoms with van der Waals surface area (Å²) < 4.78 is 14.0. The molecule has 128 valence electrons. The number of rotatable bonds is 4. The Bertz CT molecular complexity index is 535. The molecule has 9 heteroatoms. The predicted molar refractivity (Wildman–Crippen MR) is 89.4 cm³/mol. The van der Waals surface area contributed by atoms with Crippen molar-refractivity contribution in [2.24, 2.45) is 10.7 Å². The summed E-state index contributed by atoms with van der Waals surface area (Å²) in [6.07, 6.45) is 4.30. The number of halogens is 1. The summed E-state index contributed by atoms with van der Waals surface area (Å²) in [4.78, 5) is 16.5. The van der Waals surface area contributed by atoms with Crippen LogP contribution >= 0.6 is 23.5 Å². The number of urea groups is 1. The highest BCUT2D eigenvalue weighted by Crippen LogP contribution is 2.50. The summed E-state index contributed by atoms with van der Waals surface area (Å²) >= 11 is 3.05. The van der Waals surface area contributed by atoms with E-state index >= 15 is 0 Å². The van der Waals surface area contributed by atoms with Crippen LogP contribution in [0.5, 0.6) is 0 Å². The van der Waals surface area contributed by atoms with Crippen molar-refractivity contribution in [2.75, 3.05) is 13.2 Å². The molecule has 4 N–H and O–H groups in total. The van der Waals surface area contributed by atoms with E-state index in [4.69, 9.17) is 5.73 Å². The molecule has 0 bridgehead atoms. The first-order chi connectivity index (χ1) is 11.0. The highest BCUT2D eigenvalue weighted by Gasteiger charge is 2.56. The second kappa shape index (κ2) is 6.72. The van der Waals surface area contributed by atoms with Crippen molar-refractivity contribution < 1.29 is 23.9 Å². The van der Waals surface area contributed by atoms with Crippen LogP contribution in [0.4, 0.5) is 9.18 Å². The normalized spacial score (nSPS) is 36.9. The molecule has 6 nitrogen and oxygen atoms in total. The van der Waals surface area contributed by atoms with Crippen molar-refractivity contribution in [1.82, 2.24) is 0 Å². The van der Waals surface area contributed by atoms with Gasteiger partial charge in [0.25, 0.3) is 0 Å². The van der Waals surface area contributed by atoms with Crippen LogP contribution in [0.2, 0.25) is 0 Å². The zero-order valence-corrected chi connectivity index (χ0v) is 14.2. The lowest BCUT2D eigenvalue weighted by atomic mass is 10.1. The number of carbonyl (C=O) groups excluding carboxylic acids is 1. The molecule has 2 saturated heterocycles. The van der Waals surface area contributed by atoms with E-state index in [-0.39, 0.29) is 44.8 Å². The Morgan fingerprint density at radius 1 is 1.17 bits per heavy atom. The number of amidine groups is 1. The van der Waals surface area contributed by atoms with E-state index in [1.165, 1.54) is 29.7 Å². The topological polar surface area (TPSA) is 95.9 Å². The van der Waals surface area contributed by atoms with Gasteiger partial charge in [-0.2, -0.15) is 8.87 Å². The summed E-state index contributed by atoms with van der Waals surface area (Å²) in [6.45, 7) is 0.0913. The van der Waals surface area contributed by atoms with Gasteiger partial charge in [-0.25, -0.2) is 4.79 Å². The maximum atomic E-state index is 14.2. The highest BCUT2D eigenvalue weighted by molar-refractivity contribution is 8.01. The first-order valence-corrected chi connectivity index (χ1v) is 9.58. The van der Waals surface area contributed by atoms with Crippen LogP contribution in [0, 0.1) is 0 Å². The van der Waals surface area contributed by atoms with Crippen LogP contribution < -0.4 is 5.73 Å². The van der Waals surface area contributed by atoms with Crippen LogP contribution in [0.1, 0.15) is 25.7 Å². The van der Waals surface area contributed by atoms with E-state index in [2.05, 4.69) is 4.99 Å². The van der Waals surface area contributed by atoms with Crippen molar-refractivity contribution in [3.8, 4) is 0 Å². The Labute approximate surface area is 142 Å². The van der Waals surface area contributed by atoms with Gasteiger partial charge in [-0.3, -0.25) is 0 Å². The summed E-state index contributed by atoms with van der Waals surface area (Å²) in [5.74, 6) is -1.03. The number of aliphatic hydroxyl groups excluding tert-OH is 2. The molecule has 0 aromatic carbocycles. The van der Waals surface area contributed by atoms with Gasteiger partial charge in [0, 0.05) is 23.3 Å². The molecule has 0 aromatic rings. The van der Waals surface area contributed by atoms with Gasteiger partial charge in [0.05, 0.1) is 13.2 Å². The number of hydrogen-bond acceptors (Lipinski definition) is 6. The first kappa shape index (κ1) is 17.2. The van der Waals surface area contributed by atoms with Gasteiger partial charge in [0.1, 0.15) is 16.9 Å². The molecule has 2 fully saturated rings. The van der Waals surface area contributed by atoms with E-state index in [9.17, 15) is 19.4 Å². The van der Waals surface area contributed by atoms with Crippen molar-refractivity contribution in [3.05, 3.63) is 12.0 Å². The SMILES string of the molecule is NC1=NC(=O)[N+]([C@@H]2CC[C@H](CO)S2)([C@@H]2CC[C@H](CO)S2)C=C1F. The van der Waals surface area contributed by atoms with Crippen LogP contribution in [0.3, 0.4) is 0 Å². The van der Waals surface area contributed by atoms with E-state index in [1.807, 2.05) is 0 Å². The fourth-order valence-electron chi connectivity index (χ4n) is 3.42. The predicted octanol–water partition coefficient (Wildman–Crippen LogP) is 1.53. The summed E-state index contributed by atoms with van der Waals surface area (Å²) in [5.41, 5.74) is 5.48. The van der Waals surface area contributed by atoms with Crippen LogP contribution in [-0.2, 0) is 0 Å². The lowest BCUT2D eigenvalue weighted by Crippen LogP contribution is -2.59. The molecule has 3 aliphatic heterocycles. The second-order valence-corrected chi connectivity index (χ2v) is 9.00. The molecule has 3 rings (SSSR count). The Morgan fingerprint density at radius 2 is 1.70 bits per heavy atom. The molecule has 0 unspecified atom stereocenters. The largest absolute Gasteiger partial charge is 0.451 e. The van der Waals surface area contributed by atoms with Crippen LogP contribution in [0.15, 0.2) is 17.0 Å². The molecule has 0 radical (unpaired) electrons. The second-order valence-electron chi connectivity index (χ2n) is 6.04. The summed E-state index contributed by atoms with van der Waals surface area (Å²) in [5, 5.41) is 18.5. The molecule has 0 aliphatic carbocycles. The molecule has 23 heavy (non-hydrogen) atoms. The molecular formula is C14H21FN3O3S2+. The van der Waals surface area contributed by atoms with Crippen molar-refractivity contribution in [2.45, 2.75) is 46.9 Å². The highest BCUT2D eigenvalue weighted by atomic mass is 32.2. The van der Waals surface area contributed by atoms with Gasteiger partial charge in [-0.15, -0.1) is 4.99 Å². The third-order valence-corrected chi connectivity index (χ3v) is 7.99. The number of aliphatic hydroxyl groups is 2. The van der Waals surface area contributed by atoms with Gasteiger partial charge in [-0.05, 0) is 12.8 Å². The van der Waals surface area contributed by atoms with Gasteiger partial charge < -0.3 is 15.9 Å². The molecule has 0 aromatic heterocycles. The molecular weight excluding hydrogens is 341 g/mol. The van der Waals surface area contributed by atoms with Gasteiger partial charge in [-0.1, -0.05) is 23.5 Å². The zero-order valence-electron chi connectivity index (χ0n) is 12.6. The van der Waals surface area contributed by atoms with E-state index < -0.39 is 11.9 Å². The Morgan fingerprint density at radius 3 is 2.13 bits per heavy atom. The standard InChI is InChI=1S/C14H20FN3O3S2/c15-10-5-18(14(21)17-13(10)16,11-3-1-8(6-19)22-11)12-4-2-9(7-20)23-12/h5,8-9,11-12,19-20H,1-4,6-7H2,(H-,16,17,21)/p+1/t8-,9-,11+,12+/m1/s1. The number of hydrogen-bond donors (Lipinski definition) is 3. The molecule has 2 amide bonds. The molecule has 3 heterocycles. The fraction of sp³-hybridized carbons (Fsp3) is 0.714. The average molecular weight is 362 g/mol. The Kier molecular flexibility index (Phi) is 5.03. The monoisotopic (exact) mass is 362 g/mol. The quantitative estimate of drug-likeness (QED) is 0.657. The smallest absolute Gasteiger partial charge is 0.395 e.